The van der Waals surface area contributed by atoms with E-state index in [2.05, 4.69) is 10.3 Å². The highest BCUT2D eigenvalue weighted by atomic mass is 19.2. The maximum absolute atomic E-state index is 13.0. The Hall–Kier alpha value is -2.50. The van der Waals surface area contributed by atoms with Gasteiger partial charge in [0, 0.05) is 6.20 Å². The number of rotatable bonds is 3. The summed E-state index contributed by atoms with van der Waals surface area (Å²) in [6.07, 6.45) is 2.83. The maximum atomic E-state index is 13.0. The molecule has 0 spiro atoms. The Bertz CT molecular complexity index is 617. The largest absolute Gasteiger partial charge is 0.396 e. The summed E-state index contributed by atoms with van der Waals surface area (Å²) in [5.74, 6) is -2.29. The number of hydrogen-bond acceptors (Lipinski definition) is 3. The van der Waals surface area contributed by atoms with Crippen LogP contribution in [0.15, 0.2) is 36.7 Å². The van der Waals surface area contributed by atoms with Gasteiger partial charge in [-0.2, -0.15) is 0 Å². The molecule has 1 aromatic carbocycles. The summed E-state index contributed by atoms with van der Waals surface area (Å²) in [5.41, 5.74) is 6.77. The van der Waals surface area contributed by atoms with E-state index in [0.29, 0.717) is 16.9 Å². The van der Waals surface area contributed by atoms with Gasteiger partial charge in [-0.05, 0) is 23.8 Å². The number of nitrogen functional groups attached to an aromatic ring is 1. The highest BCUT2D eigenvalue weighted by Crippen LogP contribution is 2.16. The molecule has 0 radical (unpaired) electrons. The van der Waals surface area contributed by atoms with Crippen molar-refractivity contribution in [2.75, 3.05) is 11.1 Å². The Kier molecular flexibility index (Phi) is 3.70. The molecule has 2 rings (SSSR count). The van der Waals surface area contributed by atoms with E-state index in [-0.39, 0.29) is 12.3 Å². The summed E-state index contributed by atoms with van der Waals surface area (Å²) in [6.45, 7) is 0. The topological polar surface area (TPSA) is 68.0 Å². The van der Waals surface area contributed by atoms with Gasteiger partial charge < -0.3 is 11.1 Å². The van der Waals surface area contributed by atoms with Gasteiger partial charge in [-0.1, -0.05) is 6.07 Å². The monoisotopic (exact) mass is 263 g/mol. The molecule has 0 unspecified atom stereocenters. The molecule has 2 aromatic rings. The van der Waals surface area contributed by atoms with E-state index in [0.717, 1.165) is 12.1 Å². The Balaban J connectivity index is 2.05. The molecule has 98 valence electrons. The van der Waals surface area contributed by atoms with Crippen molar-refractivity contribution in [3.63, 3.8) is 0 Å². The number of pyridine rings is 1. The van der Waals surface area contributed by atoms with E-state index in [9.17, 15) is 13.6 Å². The Morgan fingerprint density at radius 3 is 2.74 bits per heavy atom. The summed E-state index contributed by atoms with van der Waals surface area (Å²) in [5, 5.41) is 2.57. The lowest BCUT2D eigenvalue weighted by Crippen LogP contribution is -2.15. The Labute approximate surface area is 108 Å². The van der Waals surface area contributed by atoms with Crippen molar-refractivity contribution in [2.24, 2.45) is 0 Å². The van der Waals surface area contributed by atoms with Crippen molar-refractivity contribution < 1.29 is 13.6 Å². The van der Waals surface area contributed by atoms with Gasteiger partial charge in [0.1, 0.15) is 0 Å². The molecule has 6 heteroatoms. The SMILES string of the molecule is Nc1cnccc1NC(=O)Cc1ccc(F)c(F)c1. The third-order valence-corrected chi connectivity index (χ3v) is 2.47. The number of anilines is 2. The first kappa shape index (κ1) is 12.9. The van der Waals surface area contributed by atoms with Gasteiger partial charge >= 0.3 is 0 Å². The lowest BCUT2D eigenvalue weighted by atomic mass is 10.1. The molecule has 3 N–H and O–H groups in total. The molecule has 4 nitrogen and oxygen atoms in total. The lowest BCUT2D eigenvalue weighted by molar-refractivity contribution is -0.115. The van der Waals surface area contributed by atoms with Crippen LogP contribution in [0.1, 0.15) is 5.56 Å². The summed E-state index contributed by atoms with van der Waals surface area (Å²) >= 11 is 0. The van der Waals surface area contributed by atoms with Crippen LogP contribution in [0, 0.1) is 11.6 Å². The summed E-state index contributed by atoms with van der Waals surface area (Å²) in [7, 11) is 0. The Morgan fingerprint density at radius 2 is 2.05 bits per heavy atom. The average molecular weight is 263 g/mol. The van der Waals surface area contributed by atoms with Gasteiger partial charge in [0.25, 0.3) is 0 Å². The van der Waals surface area contributed by atoms with Crippen molar-refractivity contribution in [2.45, 2.75) is 6.42 Å². The predicted octanol–water partition coefficient (Wildman–Crippen LogP) is 2.12. The van der Waals surface area contributed by atoms with Gasteiger partial charge in [0.2, 0.25) is 5.91 Å². The van der Waals surface area contributed by atoms with Crippen molar-refractivity contribution in [1.82, 2.24) is 4.98 Å². The molecule has 1 heterocycles. The molecular formula is C13H11F2N3O. The first-order chi connectivity index (χ1) is 9.06. The van der Waals surface area contributed by atoms with Crippen LogP contribution >= 0.6 is 0 Å². The minimum Gasteiger partial charge on any atom is -0.396 e. The quantitative estimate of drug-likeness (QED) is 0.891. The normalized spacial score (nSPS) is 10.2. The Morgan fingerprint density at radius 1 is 1.26 bits per heavy atom. The standard InChI is InChI=1S/C13H11F2N3O/c14-9-2-1-8(5-10(9)15)6-13(19)18-12-3-4-17-7-11(12)16/h1-5,7H,6,16H2,(H,17,18,19). The zero-order valence-corrected chi connectivity index (χ0v) is 9.86. The molecule has 0 saturated carbocycles. The van der Waals surface area contributed by atoms with Crippen molar-refractivity contribution >= 4 is 17.3 Å². The molecule has 1 amide bonds. The highest BCUT2D eigenvalue weighted by molar-refractivity contribution is 5.94. The molecule has 0 aliphatic rings. The third kappa shape index (κ3) is 3.25. The molecular weight excluding hydrogens is 252 g/mol. The fraction of sp³-hybridized carbons (Fsp3) is 0.0769. The van der Waals surface area contributed by atoms with Crippen molar-refractivity contribution in [1.29, 1.82) is 0 Å². The zero-order chi connectivity index (χ0) is 13.8. The fourth-order valence-corrected chi connectivity index (χ4v) is 1.55. The van der Waals surface area contributed by atoms with Gasteiger partial charge in [-0.15, -0.1) is 0 Å². The van der Waals surface area contributed by atoms with Gasteiger partial charge in [0.05, 0.1) is 24.0 Å². The van der Waals surface area contributed by atoms with Crippen LogP contribution in [0.4, 0.5) is 20.2 Å². The number of halogens is 2. The van der Waals surface area contributed by atoms with E-state index in [4.69, 9.17) is 5.73 Å². The number of nitrogens with two attached hydrogens (primary N) is 1. The van der Waals surface area contributed by atoms with Gasteiger partial charge in [-0.3, -0.25) is 9.78 Å². The number of nitrogens with one attached hydrogen (secondary N) is 1. The van der Waals surface area contributed by atoms with Gasteiger partial charge in [0.15, 0.2) is 11.6 Å². The first-order valence-electron chi connectivity index (χ1n) is 5.49. The number of amides is 1. The van der Waals surface area contributed by atoms with Crippen LogP contribution in [-0.2, 0) is 11.2 Å². The minimum absolute atomic E-state index is 0.0705. The van der Waals surface area contributed by atoms with E-state index < -0.39 is 11.6 Å². The maximum Gasteiger partial charge on any atom is 0.228 e. The number of nitrogens with zero attached hydrogens (tertiary/aromatic N) is 1. The first-order valence-corrected chi connectivity index (χ1v) is 5.49. The van der Waals surface area contributed by atoms with Crippen LogP contribution < -0.4 is 11.1 Å². The molecule has 0 aliphatic heterocycles. The second kappa shape index (κ2) is 5.43. The van der Waals surface area contributed by atoms with Crippen LogP contribution in [0.5, 0.6) is 0 Å². The molecule has 0 bridgehead atoms. The van der Waals surface area contributed by atoms with E-state index in [1.807, 2.05) is 0 Å². The highest BCUT2D eigenvalue weighted by Gasteiger charge is 2.08. The van der Waals surface area contributed by atoms with Crippen molar-refractivity contribution in [3.05, 3.63) is 53.9 Å². The van der Waals surface area contributed by atoms with E-state index >= 15 is 0 Å². The van der Waals surface area contributed by atoms with Crippen LogP contribution in [0.2, 0.25) is 0 Å². The fourth-order valence-electron chi connectivity index (χ4n) is 1.55. The number of benzene rings is 1. The summed E-state index contributed by atoms with van der Waals surface area (Å²) in [6, 6.07) is 4.88. The molecule has 0 saturated heterocycles. The molecule has 0 atom stereocenters. The predicted molar refractivity (Wildman–Crippen MR) is 67.3 cm³/mol. The van der Waals surface area contributed by atoms with Crippen LogP contribution in [0.3, 0.4) is 0 Å². The second-order valence-corrected chi connectivity index (χ2v) is 3.94. The third-order valence-electron chi connectivity index (χ3n) is 2.47. The van der Waals surface area contributed by atoms with Gasteiger partial charge in [-0.25, -0.2) is 8.78 Å². The summed E-state index contributed by atoms with van der Waals surface area (Å²) in [4.78, 5) is 15.5. The summed E-state index contributed by atoms with van der Waals surface area (Å²) < 4.78 is 25.7. The number of aromatic nitrogens is 1. The number of carbonyl (C=O) groups excluding carboxylic acids is 1. The molecule has 19 heavy (non-hydrogen) atoms. The molecule has 1 aromatic heterocycles. The van der Waals surface area contributed by atoms with Crippen LogP contribution in [-0.4, -0.2) is 10.9 Å². The van der Waals surface area contributed by atoms with E-state index in [1.165, 1.54) is 18.5 Å². The second-order valence-electron chi connectivity index (χ2n) is 3.94. The molecule has 0 aliphatic carbocycles. The zero-order valence-electron chi connectivity index (χ0n) is 9.86. The average Bonchev–Trinajstić information content (AvgIpc) is 2.37. The molecule has 0 fully saturated rings. The lowest BCUT2D eigenvalue weighted by Gasteiger charge is -2.07. The van der Waals surface area contributed by atoms with E-state index in [1.54, 1.807) is 6.07 Å². The minimum atomic E-state index is -0.978. The van der Waals surface area contributed by atoms with Crippen molar-refractivity contribution in [3.8, 4) is 0 Å². The number of hydrogen-bond donors (Lipinski definition) is 2. The van der Waals surface area contributed by atoms with Crippen LogP contribution in [0.25, 0.3) is 0 Å². The smallest absolute Gasteiger partial charge is 0.228 e. The number of carbonyl (C=O) groups is 1.